The molecule has 86 valence electrons. The minimum Gasteiger partial charge on any atom is -0.295 e. The van der Waals surface area contributed by atoms with E-state index in [2.05, 4.69) is 32.6 Å². The average molecular weight is 216 g/mol. The van der Waals surface area contributed by atoms with E-state index in [-0.39, 0.29) is 5.41 Å². The highest BCUT2D eigenvalue weighted by Gasteiger charge is 2.38. The quantitative estimate of drug-likeness (QED) is 0.609. The Morgan fingerprint density at radius 3 is 2.88 bits per heavy atom. The van der Waals surface area contributed by atoms with E-state index in [1.165, 1.54) is 11.1 Å². The maximum Gasteiger partial charge on any atom is 0.158 e. The molecule has 0 heterocycles. The van der Waals surface area contributed by atoms with Gasteiger partial charge in [-0.3, -0.25) is 4.79 Å². The van der Waals surface area contributed by atoms with Crippen LogP contribution in [-0.4, -0.2) is 5.78 Å². The lowest BCUT2D eigenvalue weighted by Crippen LogP contribution is -2.31. The molecule has 0 radical (unpaired) electrons. The number of ketones is 1. The predicted octanol–water partition coefficient (Wildman–Crippen LogP) is 3.82. The first-order chi connectivity index (χ1) is 7.44. The fourth-order valence-corrected chi connectivity index (χ4v) is 2.96. The Labute approximate surface area is 97.9 Å². The summed E-state index contributed by atoms with van der Waals surface area (Å²) in [7, 11) is 0. The number of fused-ring (bicyclic) bond motifs is 1. The monoisotopic (exact) mass is 216 g/mol. The Balaban J connectivity index is 2.44. The minimum absolute atomic E-state index is 0.191. The van der Waals surface area contributed by atoms with Gasteiger partial charge in [-0.05, 0) is 49.2 Å². The Bertz CT molecular complexity index is 411. The van der Waals surface area contributed by atoms with Gasteiger partial charge in [0.15, 0.2) is 5.78 Å². The van der Waals surface area contributed by atoms with Crippen LogP contribution in [0.1, 0.15) is 40.0 Å². The van der Waals surface area contributed by atoms with Gasteiger partial charge in [-0.15, -0.1) is 0 Å². The summed E-state index contributed by atoms with van der Waals surface area (Å²) < 4.78 is 0. The summed E-state index contributed by atoms with van der Waals surface area (Å²) in [6, 6.07) is 0. The van der Waals surface area contributed by atoms with Crippen molar-refractivity contribution in [2.24, 2.45) is 11.3 Å². The molecular formula is C15H20O. The zero-order chi connectivity index (χ0) is 11.9. The van der Waals surface area contributed by atoms with E-state index in [1.54, 1.807) is 0 Å². The van der Waals surface area contributed by atoms with Gasteiger partial charge in [-0.2, -0.15) is 0 Å². The van der Waals surface area contributed by atoms with Gasteiger partial charge >= 0.3 is 0 Å². The third kappa shape index (κ3) is 1.68. The van der Waals surface area contributed by atoms with Crippen LogP contribution in [0.3, 0.4) is 0 Å². The summed E-state index contributed by atoms with van der Waals surface area (Å²) in [5.74, 6) is 0.806. The van der Waals surface area contributed by atoms with Gasteiger partial charge < -0.3 is 0 Å². The van der Waals surface area contributed by atoms with E-state index in [0.717, 1.165) is 18.4 Å². The molecule has 2 aliphatic carbocycles. The second kappa shape index (κ2) is 3.73. The second-order valence-corrected chi connectivity index (χ2v) is 5.54. The molecule has 0 aromatic heterocycles. The zero-order valence-electron chi connectivity index (χ0n) is 10.5. The largest absolute Gasteiger partial charge is 0.295 e. The molecule has 1 nitrogen and oxygen atoms in total. The standard InChI is InChI=1S/C15H20O/c1-10(2)12-5-6-13-11(3)14(16)7-8-15(13,4)9-12/h5-6,12H,1,7-9H2,2-4H3/t12-,15?/m1/s1. The number of allylic oxidation sites excluding steroid dienone is 5. The lowest BCUT2D eigenvalue weighted by molar-refractivity contribution is -0.116. The first-order valence-corrected chi connectivity index (χ1v) is 6.02. The highest BCUT2D eigenvalue weighted by atomic mass is 16.1. The molecule has 0 fully saturated rings. The van der Waals surface area contributed by atoms with Gasteiger partial charge in [0.05, 0.1) is 0 Å². The molecule has 2 aliphatic rings. The molecular weight excluding hydrogens is 196 g/mol. The molecule has 2 atom stereocenters. The van der Waals surface area contributed by atoms with Crippen molar-refractivity contribution in [1.29, 1.82) is 0 Å². The summed E-state index contributed by atoms with van der Waals surface area (Å²) in [6.45, 7) is 10.4. The van der Waals surface area contributed by atoms with Crippen molar-refractivity contribution in [3.05, 3.63) is 35.5 Å². The number of rotatable bonds is 1. The molecule has 2 rings (SSSR count). The van der Waals surface area contributed by atoms with Crippen LogP contribution in [0, 0.1) is 11.3 Å². The maximum atomic E-state index is 11.7. The van der Waals surface area contributed by atoms with Gasteiger partial charge in [-0.25, -0.2) is 0 Å². The van der Waals surface area contributed by atoms with Crippen LogP contribution in [0.2, 0.25) is 0 Å². The highest BCUT2D eigenvalue weighted by Crippen LogP contribution is 2.48. The SMILES string of the molecule is C=C(C)[C@@H]1C=CC2=C(C)C(=O)CCC2(C)C1. The van der Waals surface area contributed by atoms with Crippen molar-refractivity contribution >= 4 is 5.78 Å². The Kier molecular flexibility index (Phi) is 2.65. The maximum absolute atomic E-state index is 11.7. The molecule has 16 heavy (non-hydrogen) atoms. The molecule has 1 heteroatoms. The number of Topliss-reactive ketones (excluding diaryl/α,β-unsaturated/α-hetero) is 1. The van der Waals surface area contributed by atoms with Crippen molar-refractivity contribution in [2.45, 2.75) is 40.0 Å². The molecule has 0 aromatic carbocycles. The van der Waals surface area contributed by atoms with Crippen molar-refractivity contribution in [2.75, 3.05) is 0 Å². The lowest BCUT2D eigenvalue weighted by Gasteiger charge is -2.41. The van der Waals surface area contributed by atoms with Crippen LogP contribution in [0.5, 0.6) is 0 Å². The summed E-state index contributed by atoms with van der Waals surface area (Å²) in [5, 5.41) is 0. The van der Waals surface area contributed by atoms with Crippen LogP contribution in [0.25, 0.3) is 0 Å². The first-order valence-electron chi connectivity index (χ1n) is 6.02. The first kappa shape index (κ1) is 11.4. The fraction of sp³-hybridized carbons (Fsp3) is 0.533. The van der Waals surface area contributed by atoms with Crippen molar-refractivity contribution < 1.29 is 4.79 Å². The van der Waals surface area contributed by atoms with E-state index < -0.39 is 0 Å². The summed E-state index contributed by atoms with van der Waals surface area (Å²) in [6.07, 6.45) is 7.19. The summed E-state index contributed by atoms with van der Waals surface area (Å²) in [4.78, 5) is 11.7. The van der Waals surface area contributed by atoms with Gasteiger partial charge in [0.25, 0.3) is 0 Å². The van der Waals surface area contributed by atoms with Crippen LogP contribution in [0.4, 0.5) is 0 Å². The number of carbonyl (C=O) groups is 1. The molecule has 1 unspecified atom stereocenters. The number of carbonyl (C=O) groups excluding carboxylic acids is 1. The number of hydrogen-bond acceptors (Lipinski definition) is 1. The Morgan fingerprint density at radius 2 is 2.25 bits per heavy atom. The molecule has 0 spiro atoms. The van der Waals surface area contributed by atoms with E-state index >= 15 is 0 Å². The van der Waals surface area contributed by atoms with E-state index in [1.807, 2.05) is 6.92 Å². The van der Waals surface area contributed by atoms with Gasteiger partial charge in [-0.1, -0.05) is 31.2 Å². The van der Waals surface area contributed by atoms with Crippen molar-refractivity contribution in [3.8, 4) is 0 Å². The summed E-state index contributed by atoms with van der Waals surface area (Å²) in [5.41, 5.74) is 3.66. The van der Waals surface area contributed by atoms with E-state index in [4.69, 9.17) is 0 Å². The van der Waals surface area contributed by atoms with Gasteiger partial charge in [0.2, 0.25) is 0 Å². The molecule has 0 aromatic rings. The normalized spacial score (nSPS) is 33.9. The molecule has 0 saturated heterocycles. The van der Waals surface area contributed by atoms with Crippen LogP contribution in [-0.2, 0) is 4.79 Å². The van der Waals surface area contributed by atoms with Crippen molar-refractivity contribution in [1.82, 2.24) is 0 Å². The van der Waals surface area contributed by atoms with Crippen LogP contribution < -0.4 is 0 Å². The summed E-state index contributed by atoms with van der Waals surface area (Å²) >= 11 is 0. The molecule has 0 N–H and O–H groups in total. The zero-order valence-corrected chi connectivity index (χ0v) is 10.5. The van der Waals surface area contributed by atoms with Crippen LogP contribution >= 0.6 is 0 Å². The molecule has 0 aliphatic heterocycles. The molecule has 0 amide bonds. The highest BCUT2D eigenvalue weighted by molar-refractivity contribution is 5.97. The Hall–Kier alpha value is -1.11. The van der Waals surface area contributed by atoms with Gasteiger partial charge in [0.1, 0.15) is 0 Å². The lowest BCUT2D eigenvalue weighted by atomic mass is 9.63. The van der Waals surface area contributed by atoms with Crippen molar-refractivity contribution in [3.63, 3.8) is 0 Å². The van der Waals surface area contributed by atoms with E-state index in [9.17, 15) is 4.79 Å². The molecule has 0 bridgehead atoms. The Morgan fingerprint density at radius 1 is 1.56 bits per heavy atom. The fourth-order valence-electron chi connectivity index (χ4n) is 2.96. The third-order valence-corrected chi connectivity index (χ3v) is 4.17. The van der Waals surface area contributed by atoms with Crippen LogP contribution in [0.15, 0.2) is 35.5 Å². The second-order valence-electron chi connectivity index (χ2n) is 5.54. The third-order valence-electron chi connectivity index (χ3n) is 4.17. The smallest absolute Gasteiger partial charge is 0.158 e. The topological polar surface area (TPSA) is 17.1 Å². The minimum atomic E-state index is 0.191. The van der Waals surface area contributed by atoms with Gasteiger partial charge in [0, 0.05) is 6.42 Å². The number of hydrogen-bond donors (Lipinski definition) is 0. The molecule has 0 saturated carbocycles. The van der Waals surface area contributed by atoms with E-state index in [0.29, 0.717) is 18.1 Å². The predicted molar refractivity (Wildman–Crippen MR) is 67.1 cm³/mol. The average Bonchev–Trinajstić information content (AvgIpc) is 2.23.